The van der Waals surface area contributed by atoms with E-state index in [1.54, 1.807) is 37.3 Å². The zero-order valence-corrected chi connectivity index (χ0v) is 15.9. The molecule has 1 aliphatic heterocycles. The molecule has 0 spiro atoms. The molecule has 2 aromatic rings. The third kappa shape index (κ3) is 4.07. The largest absolute Gasteiger partial charge is 0.452 e. The Bertz CT molecular complexity index is 896. The second kappa shape index (κ2) is 7.98. The fraction of sp³-hybridized carbons (Fsp3) is 0.211. The second-order valence-electron chi connectivity index (χ2n) is 6.06. The van der Waals surface area contributed by atoms with Gasteiger partial charge in [-0.15, -0.1) is 0 Å². The first kappa shape index (κ1) is 19.2. The average molecular weight is 407 g/mol. The number of halogens is 2. The standard InChI is InChI=1S/C19H16Cl2N2O4/c1-11-9-16(24)22-14-7-2-3-8-15(14)23(11)17(25)10-27-19(26)18-12(20)5-4-6-13(18)21/h2-8,11H,9-10H2,1H3,(H,22,24)/t11-/m0/s1. The van der Waals surface area contributed by atoms with Crippen LogP contribution in [-0.2, 0) is 14.3 Å². The number of anilines is 2. The number of nitrogens with zero attached hydrogens (tertiary/aromatic N) is 1. The van der Waals surface area contributed by atoms with Crippen molar-refractivity contribution < 1.29 is 19.1 Å². The van der Waals surface area contributed by atoms with Gasteiger partial charge in [-0.05, 0) is 31.2 Å². The number of hydrogen-bond acceptors (Lipinski definition) is 4. The number of carbonyl (C=O) groups is 3. The van der Waals surface area contributed by atoms with Crippen molar-refractivity contribution >= 4 is 52.4 Å². The minimum Gasteiger partial charge on any atom is -0.452 e. The van der Waals surface area contributed by atoms with E-state index in [1.165, 1.54) is 17.0 Å². The highest BCUT2D eigenvalue weighted by atomic mass is 35.5. The third-order valence-corrected chi connectivity index (χ3v) is 4.75. The molecule has 1 atom stereocenters. The van der Waals surface area contributed by atoms with E-state index in [0.717, 1.165) is 0 Å². The quantitative estimate of drug-likeness (QED) is 0.783. The number of carbonyl (C=O) groups excluding carboxylic acids is 3. The van der Waals surface area contributed by atoms with E-state index >= 15 is 0 Å². The molecule has 140 valence electrons. The molecule has 0 aliphatic carbocycles. The van der Waals surface area contributed by atoms with Crippen molar-refractivity contribution in [2.24, 2.45) is 0 Å². The van der Waals surface area contributed by atoms with Crippen molar-refractivity contribution in [2.75, 3.05) is 16.8 Å². The molecule has 0 bridgehead atoms. The molecule has 3 rings (SSSR count). The van der Waals surface area contributed by atoms with E-state index in [-0.39, 0.29) is 27.9 Å². The molecule has 6 nitrogen and oxygen atoms in total. The minimum atomic E-state index is -0.788. The number of hydrogen-bond donors (Lipinski definition) is 1. The number of ether oxygens (including phenoxy) is 1. The van der Waals surface area contributed by atoms with Gasteiger partial charge in [-0.3, -0.25) is 9.59 Å². The molecule has 8 heteroatoms. The van der Waals surface area contributed by atoms with E-state index in [4.69, 9.17) is 27.9 Å². The molecule has 0 saturated heterocycles. The lowest BCUT2D eigenvalue weighted by atomic mass is 10.1. The number of para-hydroxylation sites is 2. The van der Waals surface area contributed by atoms with Gasteiger partial charge in [-0.25, -0.2) is 4.79 Å². The molecule has 0 radical (unpaired) electrons. The second-order valence-corrected chi connectivity index (χ2v) is 6.87. The molecule has 0 fully saturated rings. The summed E-state index contributed by atoms with van der Waals surface area (Å²) in [5, 5.41) is 3.05. The number of fused-ring (bicyclic) bond motifs is 1. The van der Waals surface area contributed by atoms with Crippen LogP contribution in [0, 0.1) is 0 Å². The average Bonchev–Trinajstić information content (AvgIpc) is 2.73. The summed E-state index contributed by atoms with van der Waals surface area (Å²) in [5.41, 5.74) is 1.09. The van der Waals surface area contributed by atoms with Gasteiger partial charge in [-0.2, -0.15) is 0 Å². The lowest BCUT2D eigenvalue weighted by Gasteiger charge is -2.27. The highest BCUT2D eigenvalue weighted by molar-refractivity contribution is 6.39. The van der Waals surface area contributed by atoms with E-state index in [0.29, 0.717) is 11.4 Å². The molecular weight excluding hydrogens is 391 g/mol. The Morgan fingerprint density at radius 1 is 1.15 bits per heavy atom. The fourth-order valence-corrected chi connectivity index (χ4v) is 3.48. The van der Waals surface area contributed by atoms with E-state index in [9.17, 15) is 14.4 Å². The first-order valence-corrected chi connectivity index (χ1v) is 8.96. The van der Waals surface area contributed by atoms with Gasteiger partial charge in [0.2, 0.25) is 5.91 Å². The summed E-state index contributed by atoms with van der Waals surface area (Å²) >= 11 is 12.0. The van der Waals surface area contributed by atoms with Crippen LogP contribution >= 0.6 is 23.2 Å². The van der Waals surface area contributed by atoms with Gasteiger partial charge in [-0.1, -0.05) is 41.4 Å². The minimum absolute atomic E-state index is 0.00907. The number of rotatable bonds is 3. The lowest BCUT2D eigenvalue weighted by Crippen LogP contribution is -2.41. The Morgan fingerprint density at radius 2 is 1.81 bits per heavy atom. The van der Waals surface area contributed by atoms with Crippen molar-refractivity contribution in [3.8, 4) is 0 Å². The van der Waals surface area contributed by atoms with Gasteiger partial charge in [0.25, 0.3) is 5.91 Å². The maximum absolute atomic E-state index is 12.8. The van der Waals surface area contributed by atoms with Crippen LogP contribution in [0.2, 0.25) is 10.0 Å². The van der Waals surface area contributed by atoms with Crippen LogP contribution in [0.25, 0.3) is 0 Å². The van der Waals surface area contributed by atoms with E-state index < -0.39 is 24.5 Å². The van der Waals surface area contributed by atoms with Crippen molar-refractivity contribution in [3.05, 3.63) is 58.1 Å². The Labute approximate surface area is 166 Å². The topological polar surface area (TPSA) is 75.7 Å². The first-order valence-electron chi connectivity index (χ1n) is 8.20. The van der Waals surface area contributed by atoms with Gasteiger partial charge in [0.05, 0.1) is 27.0 Å². The highest BCUT2D eigenvalue weighted by Gasteiger charge is 2.30. The van der Waals surface area contributed by atoms with Crippen molar-refractivity contribution in [2.45, 2.75) is 19.4 Å². The third-order valence-electron chi connectivity index (χ3n) is 4.12. The van der Waals surface area contributed by atoms with Crippen LogP contribution < -0.4 is 10.2 Å². The SMILES string of the molecule is C[C@H]1CC(=O)Nc2ccccc2N1C(=O)COC(=O)c1c(Cl)cccc1Cl. The first-order chi connectivity index (χ1) is 12.9. The van der Waals surface area contributed by atoms with Crippen molar-refractivity contribution in [1.82, 2.24) is 0 Å². The summed E-state index contributed by atoms with van der Waals surface area (Å²) < 4.78 is 5.13. The van der Waals surface area contributed by atoms with Crippen LogP contribution in [0.3, 0.4) is 0 Å². The van der Waals surface area contributed by atoms with E-state index in [2.05, 4.69) is 5.32 Å². The molecule has 2 aromatic carbocycles. The van der Waals surface area contributed by atoms with Gasteiger partial charge in [0.1, 0.15) is 0 Å². The Hall–Kier alpha value is -2.57. The van der Waals surface area contributed by atoms with Crippen molar-refractivity contribution in [1.29, 1.82) is 0 Å². The van der Waals surface area contributed by atoms with Crippen LogP contribution in [0.5, 0.6) is 0 Å². The van der Waals surface area contributed by atoms with Gasteiger partial charge in [0.15, 0.2) is 6.61 Å². The van der Waals surface area contributed by atoms with Gasteiger partial charge < -0.3 is 15.0 Å². The predicted molar refractivity (Wildman–Crippen MR) is 103 cm³/mol. The van der Waals surface area contributed by atoms with Crippen LogP contribution in [0.15, 0.2) is 42.5 Å². The molecule has 2 amide bonds. The zero-order valence-electron chi connectivity index (χ0n) is 14.4. The van der Waals surface area contributed by atoms with Crippen LogP contribution in [-0.4, -0.2) is 30.4 Å². The Kier molecular flexibility index (Phi) is 5.68. The summed E-state index contributed by atoms with van der Waals surface area (Å²) in [4.78, 5) is 38.5. The number of esters is 1. The maximum atomic E-state index is 12.8. The number of benzene rings is 2. The fourth-order valence-electron chi connectivity index (χ4n) is 2.93. The lowest BCUT2D eigenvalue weighted by molar-refractivity contribution is -0.122. The van der Waals surface area contributed by atoms with Gasteiger partial charge in [0, 0.05) is 12.5 Å². The predicted octanol–water partition coefficient (Wildman–Crippen LogP) is 3.91. The van der Waals surface area contributed by atoms with Crippen LogP contribution in [0.4, 0.5) is 11.4 Å². The normalized spacial score (nSPS) is 16.2. The van der Waals surface area contributed by atoms with Gasteiger partial charge >= 0.3 is 5.97 Å². The number of nitrogens with one attached hydrogen (secondary N) is 1. The summed E-state index contributed by atoms with van der Waals surface area (Å²) in [6, 6.07) is 11.2. The van der Waals surface area contributed by atoms with Crippen molar-refractivity contribution in [3.63, 3.8) is 0 Å². The molecule has 27 heavy (non-hydrogen) atoms. The summed E-state index contributed by atoms with van der Waals surface area (Å²) in [6.45, 7) is 1.25. The molecule has 0 unspecified atom stereocenters. The molecule has 1 N–H and O–H groups in total. The maximum Gasteiger partial charge on any atom is 0.341 e. The molecule has 0 aromatic heterocycles. The molecule has 1 aliphatic rings. The Balaban J connectivity index is 1.79. The molecule has 0 saturated carbocycles. The summed E-state index contributed by atoms with van der Waals surface area (Å²) in [7, 11) is 0. The zero-order chi connectivity index (χ0) is 19.6. The molecular formula is C19H16Cl2N2O4. The Morgan fingerprint density at radius 3 is 2.52 bits per heavy atom. The molecule has 1 heterocycles. The summed E-state index contributed by atoms with van der Waals surface area (Å²) in [6.07, 6.45) is 0.130. The highest BCUT2D eigenvalue weighted by Crippen LogP contribution is 2.31. The summed E-state index contributed by atoms with van der Waals surface area (Å²) in [5.74, 6) is -1.43. The van der Waals surface area contributed by atoms with E-state index in [1.807, 2.05) is 0 Å². The smallest absolute Gasteiger partial charge is 0.341 e. The number of amides is 2. The monoisotopic (exact) mass is 406 g/mol. The van der Waals surface area contributed by atoms with Crippen LogP contribution in [0.1, 0.15) is 23.7 Å².